The molecule has 2 aromatic carbocycles. The molecule has 0 N–H and O–H groups in total. The van der Waals surface area contributed by atoms with Crippen LogP contribution in [0.3, 0.4) is 0 Å². The first-order chi connectivity index (χ1) is 16.6. The molecule has 4 aromatic rings. The monoisotopic (exact) mass is 490 g/mol. The van der Waals surface area contributed by atoms with Crippen molar-refractivity contribution in [2.75, 3.05) is 33.3 Å². The summed E-state index contributed by atoms with van der Waals surface area (Å²) in [4.78, 5) is 27.7. The Labute approximate surface area is 207 Å². The Morgan fingerprint density at radius 3 is 2.35 bits per heavy atom. The van der Waals surface area contributed by atoms with E-state index in [1.54, 1.807) is 18.4 Å². The number of hydrogen-bond acceptors (Lipinski definition) is 7. The van der Waals surface area contributed by atoms with Gasteiger partial charge in [0.1, 0.15) is 20.6 Å². The molecule has 1 saturated heterocycles. The van der Waals surface area contributed by atoms with Crippen molar-refractivity contribution in [3.63, 3.8) is 0 Å². The third-order valence-electron chi connectivity index (χ3n) is 5.95. The molecule has 8 heteroatoms. The van der Waals surface area contributed by atoms with Crippen molar-refractivity contribution in [2.45, 2.75) is 13.5 Å². The van der Waals surface area contributed by atoms with E-state index >= 15 is 0 Å². The molecule has 0 saturated carbocycles. The first kappa shape index (κ1) is 22.7. The zero-order valence-electron chi connectivity index (χ0n) is 19.2. The maximum absolute atomic E-state index is 13.2. The van der Waals surface area contributed by atoms with Gasteiger partial charge in [-0.15, -0.1) is 22.7 Å². The Morgan fingerprint density at radius 2 is 1.65 bits per heavy atom. The molecule has 5 rings (SSSR count). The number of piperazine rings is 1. The van der Waals surface area contributed by atoms with Crippen LogP contribution < -0.4 is 4.74 Å². The Hall–Kier alpha value is -3.07. The molecule has 0 aliphatic carbocycles. The van der Waals surface area contributed by atoms with E-state index in [4.69, 9.17) is 9.72 Å². The van der Waals surface area contributed by atoms with Gasteiger partial charge in [-0.05, 0) is 31.2 Å². The fourth-order valence-corrected chi connectivity index (χ4v) is 5.88. The highest BCUT2D eigenvalue weighted by Gasteiger charge is 2.26. The van der Waals surface area contributed by atoms with Crippen LogP contribution in [-0.4, -0.2) is 59.0 Å². The van der Waals surface area contributed by atoms with E-state index in [0.29, 0.717) is 13.1 Å². The Morgan fingerprint density at radius 1 is 0.941 bits per heavy atom. The summed E-state index contributed by atoms with van der Waals surface area (Å²) in [6, 6.07) is 18.0. The summed E-state index contributed by atoms with van der Waals surface area (Å²) < 4.78 is 5.24. The summed E-state index contributed by atoms with van der Waals surface area (Å²) >= 11 is 3.15. The normalized spacial score (nSPS) is 14.4. The molecule has 3 heterocycles. The third-order valence-corrected chi connectivity index (χ3v) is 8.08. The van der Waals surface area contributed by atoms with E-state index in [9.17, 15) is 4.79 Å². The largest absolute Gasteiger partial charge is 0.497 e. The smallest absolute Gasteiger partial charge is 0.265 e. The molecular weight excluding hydrogens is 464 g/mol. The number of aryl methyl sites for hydroxylation is 1. The number of methoxy groups -OCH3 is 1. The van der Waals surface area contributed by atoms with Crippen LogP contribution in [0.2, 0.25) is 0 Å². The van der Waals surface area contributed by atoms with Crippen LogP contribution in [0.1, 0.15) is 21.1 Å². The van der Waals surface area contributed by atoms with Gasteiger partial charge < -0.3 is 9.64 Å². The standard InChI is InChI=1S/C26H26N4O2S2/c1-18-23(34-25(27-18)19-6-4-3-5-7-19)26(31)30-14-12-29(13-15-30)16-21-17-33-24(28-21)20-8-10-22(32-2)11-9-20/h3-11,17H,12-16H2,1-2H3. The first-order valence-corrected chi connectivity index (χ1v) is 12.9. The lowest BCUT2D eigenvalue weighted by Crippen LogP contribution is -2.48. The fraction of sp³-hybridized carbons (Fsp3) is 0.269. The van der Waals surface area contributed by atoms with Gasteiger partial charge in [-0.2, -0.15) is 0 Å². The molecule has 34 heavy (non-hydrogen) atoms. The maximum atomic E-state index is 13.2. The topological polar surface area (TPSA) is 58.6 Å². The Balaban J connectivity index is 1.18. The van der Waals surface area contributed by atoms with Crippen LogP contribution in [-0.2, 0) is 6.54 Å². The third kappa shape index (κ3) is 4.89. The van der Waals surface area contributed by atoms with Crippen molar-refractivity contribution in [1.29, 1.82) is 0 Å². The van der Waals surface area contributed by atoms with Crippen molar-refractivity contribution >= 4 is 28.6 Å². The first-order valence-electron chi connectivity index (χ1n) is 11.2. The van der Waals surface area contributed by atoms with Crippen LogP contribution in [0.4, 0.5) is 0 Å². The number of carbonyl (C=O) groups is 1. The van der Waals surface area contributed by atoms with Crippen molar-refractivity contribution in [2.24, 2.45) is 0 Å². The number of thiazole rings is 2. The molecule has 0 bridgehead atoms. The summed E-state index contributed by atoms with van der Waals surface area (Å²) in [5.41, 5.74) is 4.03. The van der Waals surface area contributed by atoms with E-state index < -0.39 is 0 Å². The highest BCUT2D eigenvalue weighted by molar-refractivity contribution is 7.17. The summed E-state index contributed by atoms with van der Waals surface area (Å²) in [5, 5.41) is 4.04. The van der Waals surface area contributed by atoms with Crippen LogP contribution in [0.15, 0.2) is 60.0 Å². The number of nitrogens with zero attached hydrogens (tertiary/aromatic N) is 4. The minimum atomic E-state index is 0.0901. The van der Waals surface area contributed by atoms with Crippen LogP contribution in [0.25, 0.3) is 21.1 Å². The molecule has 1 aliphatic heterocycles. The lowest BCUT2D eigenvalue weighted by molar-refractivity contribution is 0.0631. The van der Waals surface area contributed by atoms with E-state index in [-0.39, 0.29) is 5.91 Å². The van der Waals surface area contributed by atoms with Crippen molar-refractivity contribution in [3.8, 4) is 26.9 Å². The molecule has 1 aliphatic rings. The number of aromatic nitrogens is 2. The number of rotatable bonds is 6. The summed E-state index contributed by atoms with van der Waals surface area (Å²) in [6.07, 6.45) is 0. The molecular formula is C26H26N4O2S2. The minimum Gasteiger partial charge on any atom is -0.497 e. The molecule has 2 aromatic heterocycles. The zero-order chi connectivity index (χ0) is 23.5. The van der Waals surface area contributed by atoms with Crippen LogP contribution >= 0.6 is 22.7 Å². The molecule has 0 radical (unpaired) electrons. The molecule has 1 amide bonds. The predicted molar refractivity (Wildman–Crippen MR) is 138 cm³/mol. The van der Waals surface area contributed by atoms with Gasteiger partial charge in [-0.25, -0.2) is 9.97 Å². The van der Waals surface area contributed by atoms with Gasteiger partial charge in [0.05, 0.1) is 18.5 Å². The van der Waals surface area contributed by atoms with Gasteiger partial charge in [0.25, 0.3) is 5.91 Å². The lowest BCUT2D eigenvalue weighted by Gasteiger charge is -2.34. The van der Waals surface area contributed by atoms with Gasteiger partial charge >= 0.3 is 0 Å². The van der Waals surface area contributed by atoms with Gasteiger partial charge in [-0.1, -0.05) is 30.3 Å². The number of carbonyl (C=O) groups excluding carboxylic acids is 1. The quantitative estimate of drug-likeness (QED) is 0.371. The number of benzene rings is 2. The number of ether oxygens (including phenoxy) is 1. The zero-order valence-corrected chi connectivity index (χ0v) is 20.9. The number of amides is 1. The fourth-order valence-electron chi connectivity index (χ4n) is 4.03. The van der Waals surface area contributed by atoms with Gasteiger partial charge in [0.15, 0.2) is 0 Å². The maximum Gasteiger partial charge on any atom is 0.265 e. The predicted octanol–water partition coefficient (Wildman–Crippen LogP) is 5.21. The van der Waals surface area contributed by atoms with Crippen LogP contribution in [0.5, 0.6) is 5.75 Å². The minimum absolute atomic E-state index is 0.0901. The Kier molecular flexibility index (Phi) is 6.71. The average Bonchev–Trinajstić information content (AvgIpc) is 3.51. The molecule has 6 nitrogen and oxygen atoms in total. The van der Waals surface area contributed by atoms with E-state index in [1.165, 1.54) is 11.3 Å². The second-order valence-corrected chi connectivity index (χ2v) is 10.1. The highest BCUT2D eigenvalue weighted by atomic mass is 32.1. The lowest BCUT2D eigenvalue weighted by atomic mass is 10.2. The second-order valence-electron chi connectivity index (χ2n) is 8.24. The molecule has 0 unspecified atom stereocenters. The summed E-state index contributed by atoms with van der Waals surface area (Å²) in [6.45, 7) is 5.83. The Bertz CT molecular complexity index is 1260. The summed E-state index contributed by atoms with van der Waals surface area (Å²) in [7, 11) is 1.67. The molecule has 0 spiro atoms. The van der Waals surface area contributed by atoms with Crippen LogP contribution in [0, 0.1) is 6.92 Å². The SMILES string of the molecule is COc1ccc(-c2nc(CN3CCN(C(=O)c4sc(-c5ccccc5)nc4C)CC3)cs2)cc1. The van der Waals surface area contributed by atoms with E-state index in [1.807, 2.05) is 66.4 Å². The second kappa shape index (κ2) is 10.0. The van der Waals surface area contributed by atoms with E-state index in [0.717, 1.165) is 62.8 Å². The highest BCUT2D eigenvalue weighted by Crippen LogP contribution is 2.29. The average molecular weight is 491 g/mol. The molecule has 174 valence electrons. The van der Waals surface area contributed by atoms with Crippen molar-refractivity contribution in [1.82, 2.24) is 19.8 Å². The van der Waals surface area contributed by atoms with Gasteiger partial charge in [0, 0.05) is 49.2 Å². The van der Waals surface area contributed by atoms with Gasteiger partial charge in [-0.3, -0.25) is 9.69 Å². The molecule has 0 atom stereocenters. The van der Waals surface area contributed by atoms with Crippen molar-refractivity contribution in [3.05, 3.63) is 76.2 Å². The van der Waals surface area contributed by atoms with E-state index in [2.05, 4.69) is 15.3 Å². The number of hydrogen-bond donors (Lipinski definition) is 0. The van der Waals surface area contributed by atoms with Crippen molar-refractivity contribution < 1.29 is 9.53 Å². The summed E-state index contributed by atoms with van der Waals surface area (Å²) in [5.74, 6) is 0.935. The van der Waals surface area contributed by atoms with Gasteiger partial charge in [0.2, 0.25) is 0 Å². The molecule has 1 fully saturated rings.